The second kappa shape index (κ2) is 6.33. The summed E-state index contributed by atoms with van der Waals surface area (Å²) in [5, 5.41) is 5.68. The molecule has 0 radical (unpaired) electrons. The maximum absolute atomic E-state index is 4.39. The third-order valence-corrected chi connectivity index (χ3v) is 4.43. The Labute approximate surface area is 119 Å². The van der Waals surface area contributed by atoms with E-state index in [0.717, 1.165) is 17.3 Å². The first-order valence-electron chi connectivity index (χ1n) is 7.03. The average Bonchev–Trinajstić information content (AvgIpc) is 2.72. The quantitative estimate of drug-likeness (QED) is 0.836. The van der Waals surface area contributed by atoms with Crippen LogP contribution in [-0.2, 0) is 0 Å². The van der Waals surface area contributed by atoms with Crippen molar-refractivity contribution in [2.75, 3.05) is 5.32 Å². The minimum Gasteiger partial charge on any atom is -0.366 e. The van der Waals surface area contributed by atoms with E-state index in [-0.39, 0.29) is 0 Å². The number of hydrogen-bond donors (Lipinski definition) is 1. The van der Waals surface area contributed by atoms with Gasteiger partial charge in [0.15, 0.2) is 0 Å². The van der Waals surface area contributed by atoms with Crippen LogP contribution in [0.1, 0.15) is 45.6 Å². The van der Waals surface area contributed by atoms with Crippen LogP contribution in [0.15, 0.2) is 11.7 Å². The van der Waals surface area contributed by atoms with Crippen molar-refractivity contribution < 1.29 is 0 Å². The summed E-state index contributed by atoms with van der Waals surface area (Å²) in [6.45, 7) is 8.89. The standard InChI is InChI=1S/C15H23N3S/c1-10(2)6-5-7-12(4)18-15-14-13(16-9-17-15)11(3)8-19-14/h8-10,12H,5-7H2,1-4H3,(H,16,17,18). The number of aromatic nitrogens is 2. The molecule has 2 aromatic heterocycles. The molecule has 2 aromatic rings. The Morgan fingerprint density at radius 2 is 2.00 bits per heavy atom. The molecule has 104 valence electrons. The van der Waals surface area contributed by atoms with Gasteiger partial charge >= 0.3 is 0 Å². The molecule has 2 rings (SSSR count). The highest BCUT2D eigenvalue weighted by Gasteiger charge is 2.10. The first-order chi connectivity index (χ1) is 9.08. The van der Waals surface area contributed by atoms with Gasteiger partial charge in [0.25, 0.3) is 0 Å². The number of anilines is 1. The average molecular weight is 277 g/mol. The van der Waals surface area contributed by atoms with Crippen molar-refractivity contribution in [2.24, 2.45) is 5.92 Å². The van der Waals surface area contributed by atoms with E-state index in [1.807, 2.05) is 0 Å². The summed E-state index contributed by atoms with van der Waals surface area (Å²) in [4.78, 5) is 8.74. The molecule has 0 amide bonds. The van der Waals surface area contributed by atoms with E-state index in [0.29, 0.717) is 6.04 Å². The largest absolute Gasteiger partial charge is 0.366 e. The molecule has 3 nitrogen and oxygen atoms in total. The third kappa shape index (κ3) is 3.66. The molecule has 19 heavy (non-hydrogen) atoms. The van der Waals surface area contributed by atoms with E-state index in [1.165, 1.54) is 29.5 Å². The summed E-state index contributed by atoms with van der Waals surface area (Å²) in [5.74, 6) is 1.78. The van der Waals surface area contributed by atoms with Crippen LogP contribution >= 0.6 is 11.3 Å². The number of nitrogens with one attached hydrogen (secondary N) is 1. The highest BCUT2D eigenvalue weighted by Crippen LogP contribution is 2.29. The van der Waals surface area contributed by atoms with Crippen LogP contribution in [0.25, 0.3) is 10.2 Å². The van der Waals surface area contributed by atoms with Crippen molar-refractivity contribution in [3.8, 4) is 0 Å². The molecule has 0 saturated heterocycles. The SMILES string of the molecule is Cc1csc2c(NC(C)CCCC(C)C)ncnc12. The second-order valence-electron chi connectivity index (χ2n) is 5.69. The zero-order valence-electron chi connectivity index (χ0n) is 12.2. The number of thiophene rings is 1. The summed E-state index contributed by atoms with van der Waals surface area (Å²) >= 11 is 1.72. The lowest BCUT2D eigenvalue weighted by Crippen LogP contribution is -2.16. The first kappa shape index (κ1) is 14.3. The van der Waals surface area contributed by atoms with Crippen LogP contribution in [0.4, 0.5) is 5.82 Å². The Morgan fingerprint density at radius 1 is 1.21 bits per heavy atom. The molecule has 0 spiro atoms. The fourth-order valence-corrected chi connectivity index (χ4v) is 3.16. The molecule has 0 bridgehead atoms. The van der Waals surface area contributed by atoms with Crippen LogP contribution < -0.4 is 5.32 Å². The van der Waals surface area contributed by atoms with Crippen LogP contribution in [0, 0.1) is 12.8 Å². The van der Waals surface area contributed by atoms with Gasteiger partial charge in [-0.25, -0.2) is 9.97 Å². The van der Waals surface area contributed by atoms with E-state index in [4.69, 9.17) is 0 Å². The van der Waals surface area contributed by atoms with Gasteiger partial charge in [0.1, 0.15) is 12.1 Å². The first-order valence-corrected chi connectivity index (χ1v) is 7.91. The fourth-order valence-electron chi connectivity index (χ4n) is 2.21. The molecule has 1 atom stereocenters. The fraction of sp³-hybridized carbons (Fsp3) is 0.600. The second-order valence-corrected chi connectivity index (χ2v) is 6.57. The van der Waals surface area contributed by atoms with E-state index < -0.39 is 0 Å². The van der Waals surface area contributed by atoms with Crippen LogP contribution in [-0.4, -0.2) is 16.0 Å². The van der Waals surface area contributed by atoms with Crippen molar-refractivity contribution in [3.63, 3.8) is 0 Å². The lowest BCUT2D eigenvalue weighted by Gasteiger charge is -2.15. The summed E-state index contributed by atoms with van der Waals surface area (Å²) in [6.07, 6.45) is 5.41. The molecule has 0 fully saturated rings. The molecule has 1 N–H and O–H groups in total. The normalized spacial score (nSPS) is 13.1. The van der Waals surface area contributed by atoms with Gasteiger partial charge in [-0.05, 0) is 37.1 Å². The van der Waals surface area contributed by atoms with Gasteiger partial charge in [-0.2, -0.15) is 0 Å². The number of hydrogen-bond acceptors (Lipinski definition) is 4. The lowest BCUT2D eigenvalue weighted by molar-refractivity contribution is 0.520. The van der Waals surface area contributed by atoms with Gasteiger partial charge in [0.2, 0.25) is 0 Å². The van der Waals surface area contributed by atoms with Gasteiger partial charge in [-0.15, -0.1) is 11.3 Å². The van der Waals surface area contributed by atoms with Crippen molar-refractivity contribution in [1.29, 1.82) is 0 Å². The Balaban J connectivity index is 2.01. The Hall–Kier alpha value is -1.16. The lowest BCUT2D eigenvalue weighted by atomic mass is 10.0. The molecule has 1 unspecified atom stereocenters. The topological polar surface area (TPSA) is 37.8 Å². The van der Waals surface area contributed by atoms with Gasteiger partial charge in [-0.3, -0.25) is 0 Å². The van der Waals surface area contributed by atoms with Crippen molar-refractivity contribution in [2.45, 2.75) is 53.0 Å². The Bertz CT molecular complexity index is 533. The third-order valence-electron chi connectivity index (χ3n) is 3.33. The molecular formula is C15H23N3S. The predicted molar refractivity (Wildman–Crippen MR) is 83.9 cm³/mol. The number of rotatable bonds is 6. The maximum atomic E-state index is 4.39. The van der Waals surface area contributed by atoms with Crippen molar-refractivity contribution >= 4 is 27.4 Å². The molecular weight excluding hydrogens is 254 g/mol. The minimum absolute atomic E-state index is 0.458. The molecule has 4 heteroatoms. The summed E-state index contributed by atoms with van der Waals surface area (Å²) in [5.41, 5.74) is 2.31. The molecule has 2 heterocycles. The maximum Gasteiger partial charge on any atom is 0.147 e. The molecule has 0 saturated carbocycles. The van der Waals surface area contributed by atoms with Crippen LogP contribution in [0.5, 0.6) is 0 Å². The zero-order valence-corrected chi connectivity index (χ0v) is 13.0. The van der Waals surface area contributed by atoms with E-state index in [1.54, 1.807) is 17.7 Å². The minimum atomic E-state index is 0.458. The van der Waals surface area contributed by atoms with Crippen LogP contribution in [0.2, 0.25) is 0 Å². The summed E-state index contributed by atoms with van der Waals surface area (Å²) in [7, 11) is 0. The van der Waals surface area contributed by atoms with E-state index in [9.17, 15) is 0 Å². The Kier molecular flexibility index (Phi) is 4.75. The van der Waals surface area contributed by atoms with E-state index in [2.05, 4.69) is 48.4 Å². The van der Waals surface area contributed by atoms with Crippen LogP contribution in [0.3, 0.4) is 0 Å². The zero-order chi connectivity index (χ0) is 13.8. The summed E-state index contributed by atoms with van der Waals surface area (Å²) in [6, 6.07) is 0.458. The monoisotopic (exact) mass is 277 g/mol. The van der Waals surface area contributed by atoms with Gasteiger partial charge in [0, 0.05) is 6.04 Å². The van der Waals surface area contributed by atoms with E-state index >= 15 is 0 Å². The number of nitrogens with zero attached hydrogens (tertiary/aromatic N) is 2. The van der Waals surface area contributed by atoms with Gasteiger partial charge in [0.05, 0.1) is 10.2 Å². The molecule has 0 aliphatic heterocycles. The highest BCUT2D eigenvalue weighted by molar-refractivity contribution is 7.18. The summed E-state index contributed by atoms with van der Waals surface area (Å²) < 4.78 is 1.18. The van der Waals surface area contributed by atoms with Gasteiger partial charge < -0.3 is 5.32 Å². The molecule has 0 aromatic carbocycles. The smallest absolute Gasteiger partial charge is 0.147 e. The Morgan fingerprint density at radius 3 is 2.74 bits per heavy atom. The highest BCUT2D eigenvalue weighted by atomic mass is 32.1. The number of fused-ring (bicyclic) bond motifs is 1. The molecule has 0 aliphatic rings. The molecule has 0 aliphatic carbocycles. The predicted octanol–water partition coefficient (Wildman–Crippen LogP) is 4.63. The van der Waals surface area contributed by atoms with Crippen molar-refractivity contribution in [3.05, 3.63) is 17.3 Å². The van der Waals surface area contributed by atoms with Gasteiger partial charge in [-0.1, -0.05) is 26.7 Å². The number of aryl methyl sites for hydroxylation is 1. The van der Waals surface area contributed by atoms with Crippen molar-refractivity contribution in [1.82, 2.24) is 9.97 Å².